The van der Waals surface area contributed by atoms with Crippen LogP contribution in [0, 0.1) is 5.92 Å². The summed E-state index contributed by atoms with van der Waals surface area (Å²) in [7, 11) is 0. The van der Waals surface area contributed by atoms with E-state index in [0.717, 1.165) is 5.56 Å². The molecule has 1 unspecified atom stereocenters. The molecule has 0 saturated carbocycles. The highest BCUT2D eigenvalue weighted by Gasteiger charge is 2.52. The molecule has 6 rings (SSSR count). The Morgan fingerprint density at radius 1 is 1.04 bits per heavy atom. The van der Waals surface area contributed by atoms with E-state index in [9.17, 15) is 40.2 Å². The number of carbonyl (C=O) groups is 2. The minimum Gasteiger partial charge on any atom is -0.395 e. The molecule has 2 aliphatic heterocycles. The first-order valence-corrected chi connectivity index (χ1v) is 17.6. The Labute approximate surface area is 307 Å². The molecule has 1 saturated heterocycles. The van der Waals surface area contributed by atoms with Crippen molar-refractivity contribution in [2.45, 2.75) is 68.7 Å². The Kier molecular flexibility index (Phi) is 11.3. The first-order chi connectivity index (χ1) is 24.9. The lowest BCUT2D eigenvalue weighted by atomic mass is 9.83. The lowest BCUT2D eigenvalue weighted by molar-refractivity contribution is -0.274. The molecule has 0 aliphatic carbocycles. The van der Waals surface area contributed by atoms with E-state index in [1.54, 1.807) is 66.3 Å². The highest BCUT2D eigenvalue weighted by molar-refractivity contribution is 9.10. The number of aliphatic hydroxyl groups excluding tert-OH is 5. The standard InChI is InChI=1S/C37H40BrN5O9/c1-21(8-5-6-15-42-19-28(40-41-42)26(20-44)23-10-3-2-4-11-23)37(51)27-17-24(38)13-14-29(27)43(36(37)50)18-22-9-7-12-25(16-22)39-34(48)33-31(46)30(45)32(47)35(49)52-33/h2-5,7-14,16-17,19,21,26,30-33,35,44-47,49,51H,6,15,18,20H2,1H3,(H,39,48)/b8-5+/t21-,26?,30-,31-,32+,33-,35+,37+/m0/s1. The van der Waals surface area contributed by atoms with Crippen molar-refractivity contribution < 1.29 is 45.0 Å². The third-order valence-corrected chi connectivity index (χ3v) is 10.0. The average Bonchev–Trinajstić information content (AvgIpc) is 3.68. The number of benzene rings is 3. The van der Waals surface area contributed by atoms with Crippen molar-refractivity contribution in [3.63, 3.8) is 0 Å². The Morgan fingerprint density at radius 3 is 2.56 bits per heavy atom. The zero-order valence-electron chi connectivity index (χ0n) is 28.1. The average molecular weight is 779 g/mol. The van der Waals surface area contributed by atoms with Gasteiger partial charge in [-0.25, -0.2) is 0 Å². The fourth-order valence-corrected chi connectivity index (χ4v) is 6.94. The topological polar surface area (TPSA) is 211 Å². The highest BCUT2D eigenvalue weighted by atomic mass is 79.9. The van der Waals surface area contributed by atoms with Crippen molar-refractivity contribution in [3.05, 3.63) is 118 Å². The predicted molar refractivity (Wildman–Crippen MR) is 192 cm³/mol. The van der Waals surface area contributed by atoms with E-state index in [-0.39, 0.29) is 24.8 Å². The number of nitrogens with one attached hydrogen (secondary N) is 1. The normalized spacial score (nSPS) is 25.7. The van der Waals surface area contributed by atoms with Gasteiger partial charge < -0.3 is 45.6 Å². The van der Waals surface area contributed by atoms with Crippen molar-refractivity contribution in [3.8, 4) is 0 Å². The smallest absolute Gasteiger partial charge is 0.264 e. The van der Waals surface area contributed by atoms with Crippen LogP contribution in [0.15, 0.2) is 95.6 Å². The zero-order chi connectivity index (χ0) is 37.2. The second-order valence-electron chi connectivity index (χ2n) is 13.0. The molecule has 3 heterocycles. The molecule has 2 aliphatic rings. The molecular formula is C37H40BrN5O9. The van der Waals surface area contributed by atoms with E-state index in [1.807, 2.05) is 36.4 Å². The summed E-state index contributed by atoms with van der Waals surface area (Å²) in [6, 6.07) is 21.4. The van der Waals surface area contributed by atoms with Crippen molar-refractivity contribution in [1.82, 2.24) is 15.0 Å². The number of hydrogen-bond donors (Lipinski definition) is 7. The summed E-state index contributed by atoms with van der Waals surface area (Å²) in [5.74, 6) is -2.30. The van der Waals surface area contributed by atoms with Crippen molar-refractivity contribution in [1.29, 1.82) is 0 Å². The van der Waals surface area contributed by atoms with Gasteiger partial charge in [-0.2, -0.15) is 0 Å². The van der Waals surface area contributed by atoms with Crippen LogP contribution in [0.4, 0.5) is 11.4 Å². The lowest BCUT2D eigenvalue weighted by Crippen LogP contribution is -2.60. The summed E-state index contributed by atoms with van der Waals surface area (Å²) in [6.45, 7) is 2.21. The van der Waals surface area contributed by atoms with Crippen LogP contribution >= 0.6 is 15.9 Å². The molecule has 1 fully saturated rings. The third kappa shape index (κ3) is 7.44. The van der Waals surface area contributed by atoms with Crippen LogP contribution in [0.1, 0.15) is 41.6 Å². The Balaban J connectivity index is 1.13. The van der Waals surface area contributed by atoms with Gasteiger partial charge in [0.05, 0.1) is 30.5 Å². The van der Waals surface area contributed by atoms with E-state index in [0.29, 0.717) is 39.9 Å². The number of rotatable bonds is 12. The van der Waals surface area contributed by atoms with Gasteiger partial charge >= 0.3 is 0 Å². The van der Waals surface area contributed by atoms with Crippen LogP contribution in [-0.2, 0) is 33.0 Å². The molecule has 8 atom stereocenters. The second-order valence-corrected chi connectivity index (χ2v) is 13.9. The van der Waals surface area contributed by atoms with Crippen molar-refractivity contribution >= 4 is 39.1 Å². The SMILES string of the molecule is C[C@@H](/C=C/CCn1cc(C(CO)c2ccccc2)nn1)[C@]1(O)C(=O)N(Cc2cccc(NC(=O)[C@H]3O[C@@H](O)[C@H](O)[C@@H](O)[C@@H]3O)c2)c2ccc(Br)cc21. The third-order valence-electron chi connectivity index (χ3n) is 9.52. The zero-order valence-corrected chi connectivity index (χ0v) is 29.7. The maximum atomic E-state index is 14.1. The molecule has 274 valence electrons. The van der Waals surface area contributed by atoms with Gasteiger partial charge in [0.1, 0.15) is 18.3 Å². The number of aryl methyl sites for hydroxylation is 1. The van der Waals surface area contributed by atoms with Crippen molar-refractivity contribution in [2.24, 2.45) is 5.92 Å². The van der Waals surface area contributed by atoms with E-state index < -0.39 is 54.0 Å². The van der Waals surface area contributed by atoms with Gasteiger partial charge in [0, 0.05) is 34.4 Å². The number of fused-ring (bicyclic) bond motifs is 1. The maximum Gasteiger partial charge on any atom is 0.264 e. The largest absolute Gasteiger partial charge is 0.395 e. The molecule has 4 aromatic rings. The molecule has 7 N–H and O–H groups in total. The molecule has 3 aromatic carbocycles. The monoisotopic (exact) mass is 777 g/mol. The molecule has 14 nitrogen and oxygen atoms in total. The van der Waals surface area contributed by atoms with Gasteiger partial charge in [0.2, 0.25) is 0 Å². The van der Waals surface area contributed by atoms with Gasteiger partial charge in [0.25, 0.3) is 11.8 Å². The second kappa shape index (κ2) is 15.7. The van der Waals surface area contributed by atoms with E-state index in [2.05, 4.69) is 31.6 Å². The first kappa shape index (κ1) is 37.4. The van der Waals surface area contributed by atoms with Crippen LogP contribution in [0.2, 0.25) is 0 Å². The maximum absolute atomic E-state index is 14.1. The van der Waals surface area contributed by atoms with Gasteiger partial charge in [0.15, 0.2) is 18.0 Å². The number of ether oxygens (including phenoxy) is 1. The van der Waals surface area contributed by atoms with Gasteiger partial charge in [-0.3, -0.25) is 14.3 Å². The van der Waals surface area contributed by atoms with Crippen molar-refractivity contribution in [2.75, 3.05) is 16.8 Å². The molecule has 52 heavy (non-hydrogen) atoms. The molecule has 0 radical (unpaired) electrons. The van der Waals surface area contributed by atoms with Crippen LogP contribution in [0.3, 0.4) is 0 Å². The Hall–Kier alpha value is -4.32. The molecular weight excluding hydrogens is 738 g/mol. The number of anilines is 2. The van der Waals surface area contributed by atoms with Gasteiger partial charge in [-0.15, -0.1) is 5.10 Å². The minimum absolute atomic E-state index is 0.0501. The molecule has 15 heteroatoms. The van der Waals surface area contributed by atoms with E-state index >= 15 is 0 Å². The Bertz CT molecular complexity index is 1930. The number of carbonyl (C=O) groups excluding carboxylic acids is 2. The summed E-state index contributed by atoms with van der Waals surface area (Å²) in [5, 5.41) is 72.9. The number of aromatic nitrogens is 3. The number of aliphatic hydroxyl groups is 6. The summed E-state index contributed by atoms with van der Waals surface area (Å²) in [6.07, 6.45) is -2.85. The van der Waals surface area contributed by atoms with Gasteiger partial charge in [-0.05, 0) is 47.9 Å². The molecule has 0 bridgehead atoms. The fraction of sp³-hybridized carbons (Fsp3) is 0.351. The summed E-state index contributed by atoms with van der Waals surface area (Å²) < 4.78 is 7.41. The van der Waals surface area contributed by atoms with Crippen LogP contribution in [0.5, 0.6) is 0 Å². The number of hydrogen-bond acceptors (Lipinski definition) is 11. The van der Waals surface area contributed by atoms with Crippen LogP contribution in [-0.4, -0.2) is 94.8 Å². The summed E-state index contributed by atoms with van der Waals surface area (Å²) in [4.78, 5) is 28.5. The number of allylic oxidation sites excluding steroid dienone is 1. The van der Waals surface area contributed by atoms with Crippen LogP contribution in [0.25, 0.3) is 0 Å². The fourth-order valence-electron chi connectivity index (χ4n) is 6.58. The number of halogens is 1. The first-order valence-electron chi connectivity index (χ1n) is 16.8. The van der Waals surface area contributed by atoms with E-state index in [1.165, 1.54) is 4.90 Å². The molecule has 0 spiro atoms. The summed E-state index contributed by atoms with van der Waals surface area (Å²) >= 11 is 3.47. The molecule has 1 aromatic heterocycles. The van der Waals surface area contributed by atoms with E-state index in [4.69, 9.17) is 4.74 Å². The van der Waals surface area contributed by atoms with Gasteiger partial charge in [-0.1, -0.05) is 82.7 Å². The summed E-state index contributed by atoms with van der Waals surface area (Å²) in [5.41, 5.74) is 1.57. The number of nitrogens with zero attached hydrogens (tertiary/aromatic N) is 4. The lowest BCUT2D eigenvalue weighted by Gasteiger charge is -2.37. The predicted octanol–water partition coefficient (Wildman–Crippen LogP) is 1.92. The molecule has 2 amide bonds. The quantitative estimate of drug-likeness (QED) is 0.103. The minimum atomic E-state index is -1.88. The highest BCUT2D eigenvalue weighted by Crippen LogP contribution is 2.47. The Morgan fingerprint density at radius 2 is 1.81 bits per heavy atom. The van der Waals surface area contributed by atoms with Crippen LogP contribution < -0.4 is 10.2 Å². The number of amides is 2.